The summed E-state index contributed by atoms with van der Waals surface area (Å²) in [4.78, 5) is 23.6. The standard InChI is InChI=1S/C20H24ClN3O5S/c1-3-13(2)19(20(26)22-12-18(25)23-27)24-30(28,29)17-10-6-15(7-11-17)14-4-8-16(21)9-5-14/h4-11,13,19,24,27H,3,12H2,1-2H3,(H,22,26)(H,23,25)/t13-,19-/m0/s1. The van der Waals surface area contributed by atoms with Crippen molar-refractivity contribution in [2.24, 2.45) is 5.92 Å². The van der Waals surface area contributed by atoms with Gasteiger partial charge in [-0.05, 0) is 41.3 Å². The van der Waals surface area contributed by atoms with Gasteiger partial charge in [0.1, 0.15) is 6.04 Å². The maximum Gasteiger partial charge on any atom is 0.262 e. The molecule has 0 heterocycles. The summed E-state index contributed by atoms with van der Waals surface area (Å²) in [6.07, 6.45) is 0.530. The van der Waals surface area contributed by atoms with Crippen molar-refractivity contribution in [1.29, 1.82) is 0 Å². The number of hydrogen-bond acceptors (Lipinski definition) is 5. The molecular formula is C20H24ClN3O5S. The first-order valence-electron chi connectivity index (χ1n) is 9.27. The van der Waals surface area contributed by atoms with Crippen molar-refractivity contribution in [1.82, 2.24) is 15.5 Å². The zero-order chi connectivity index (χ0) is 22.3. The van der Waals surface area contributed by atoms with Gasteiger partial charge in [0, 0.05) is 5.02 Å². The summed E-state index contributed by atoms with van der Waals surface area (Å²) in [7, 11) is -3.99. The second-order valence-electron chi connectivity index (χ2n) is 6.77. The molecule has 0 unspecified atom stereocenters. The van der Waals surface area contributed by atoms with E-state index in [0.29, 0.717) is 11.4 Å². The minimum Gasteiger partial charge on any atom is -0.346 e. The molecule has 2 aromatic rings. The Hall–Kier alpha value is -2.46. The fraction of sp³-hybridized carbons (Fsp3) is 0.300. The van der Waals surface area contributed by atoms with Crippen molar-refractivity contribution in [2.75, 3.05) is 6.54 Å². The summed E-state index contributed by atoms with van der Waals surface area (Å²) < 4.78 is 28.1. The van der Waals surface area contributed by atoms with Crippen LogP contribution in [-0.2, 0) is 19.6 Å². The lowest BCUT2D eigenvalue weighted by atomic mass is 9.99. The highest BCUT2D eigenvalue weighted by Gasteiger charge is 2.29. The van der Waals surface area contributed by atoms with Crippen LogP contribution in [0.25, 0.3) is 11.1 Å². The number of carbonyl (C=O) groups excluding carboxylic acids is 2. The predicted octanol–water partition coefficient (Wildman–Crippen LogP) is 2.32. The summed E-state index contributed by atoms with van der Waals surface area (Å²) in [6, 6.07) is 12.3. The van der Waals surface area contributed by atoms with Gasteiger partial charge >= 0.3 is 0 Å². The molecule has 2 aromatic carbocycles. The van der Waals surface area contributed by atoms with Crippen LogP contribution < -0.4 is 15.5 Å². The molecule has 2 atom stereocenters. The van der Waals surface area contributed by atoms with E-state index >= 15 is 0 Å². The van der Waals surface area contributed by atoms with E-state index < -0.39 is 34.4 Å². The van der Waals surface area contributed by atoms with Crippen molar-refractivity contribution in [3.05, 3.63) is 53.6 Å². The van der Waals surface area contributed by atoms with Crippen LogP contribution in [0.1, 0.15) is 20.3 Å². The molecule has 0 saturated carbocycles. The van der Waals surface area contributed by atoms with Crippen molar-refractivity contribution >= 4 is 33.4 Å². The number of nitrogens with one attached hydrogen (secondary N) is 3. The first-order chi connectivity index (χ1) is 14.2. The Morgan fingerprint density at radius 2 is 1.57 bits per heavy atom. The van der Waals surface area contributed by atoms with E-state index in [1.807, 2.05) is 19.1 Å². The van der Waals surface area contributed by atoms with Crippen molar-refractivity contribution in [3.63, 3.8) is 0 Å². The van der Waals surface area contributed by atoms with Crippen LogP contribution in [0, 0.1) is 5.92 Å². The van der Waals surface area contributed by atoms with Gasteiger partial charge in [0.15, 0.2) is 0 Å². The molecule has 0 fully saturated rings. The number of hydrogen-bond donors (Lipinski definition) is 4. The Bertz CT molecular complexity index is 979. The molecule has 0 saturated heterocycles. The molecule has 0 radical (unpaired) electrons. The molecule has 2 amide bonds. The normalized spacial score (nSPS) is 13.3. The fourth-order valence-corrected chi connectivity index (χ4v) is 4.11. The second kappa shape index (κ2) is 10.5. The zero-order valence-electron chi connectivity index (χ0n) is 16.6. The van der Waals surface area contributed by atoms with Gasteiger partial charge in [0.05, 0.1) is 11.4 Å². The van der Waals surface area contributed by atoms with E-state index in [4.69, 9.17) is 16.8 Å². The molecule has 0 aliphatic heterocycles. The van der Waals surface area contributed by atoms with Crippen molar-refractivity contribution in [2.45, 2.75) is 31.2 Å². The monoisotopic (exact) mass is 453 g/mol. The number of rotatable bonds is 9. The number of carbonyl (C=O) groups is 2. The summed E-state index contributed by atoms with van der Waals surface area (Å²) in [6.45, 7) is 3.07. The topological polar surface area (TPSA) is 125 Å². The third kappa shape index (κ3) is 6.27. The van der Waals surface area contributed by atoms with Gasteiger partial charge < -0.3 is 5.32 Å². The average Bonchev–Trinajstić information content (AvgIpc) is 2.75. The Labute approximate surface area is 180 Å². The highest BCUT2D eigenvalue weighted by molar-refractivity contribution is 7.89. The predicted molar refractivity (Wildman–Crippen MR) is 113 cm³/mol. The SMILES string of the molecule is CC[C@H](C)[C@H](NS(=O)(=O)c1ccc(-c2ccc(Cl)cc2)cc1)C(=O)NCC(=O)NO. The third-order valence-corrected chi connectivity index (χ3v) is 6.38. The largest absolute Gasteiger partial charge is 0.346 e. The molecule has 0 spiro atoms. The fourth-order valence-electron chi connectivity index (χ4n) is 2.68. The zero-order valence-corrected chi connectivity index (χ0v) is 18.1. The van der Waals surface area contributed by atoms with E-state index in [9.17, 15) is 18.0 Å². The molecule has 4 N–H and O–H groups in total. The number of benzene rings is 2. The maximum absolute atomic E-state index is 12.8. The Kier molecular flexibility index (Phi) is 8.36. The minimum absolute atomic E-state index is 0.00872. The first-order valence-corrected chi connectivity index (χ1v) is 11.1. The highest BCUT2D eigenvalue weighted by Crippen LogP contribution is 2.23. The number of amides is 2. The molecule has 162 valence electrons. The van der Waals surface area contributed by atoms with Gasteiger partial charge in [-0.3, -0.25) is 14.8 Å². The second-order valence-corrected chi connectivity index (χ2v) is 8.92. The van der Waals surface area contributed by atoms with Crippen LogP contribution >= 0.6 is 11.6 Å². The van der Waals surface area contributed by atoms with Crippen LogP contribution in [0.5, 0.6) is 0 Å². The van der Waals surface area contributed by atoms with Crippen LogP contribution in [0.3, 0.4) is 0 Å². The van der Waals surface area contributed by atoms with E-state index in [0.717, 1.165) is 11.1 Å². The van der Waals surface area contributed by atoms with Gasteiger partial charge in [-0.1, -0.05) is 56.1 Å². The molecule has 8 nitrogen and oxygen atoms in total. The first kappa shape index (κ1) is 23.8. The Morgan fingerprint density at radius 1 is 1.03 bits per heavy atom. The Balaban J connectivity index is 2.19. The molecule has 30 heavy (non-hydrogen) atoms. The van der Waals surface area contributed by atoms with E-state index in [1.54, 1.807) is 31.2 Å². The summed E-state index contributed by atoms with van der Waals surface area (Å²) in [5.74, 6) is -1.80. The van der Waals surface area contributed by atoms with Crippen LogP contribution in [-0.4, -0.2) is 38.0 Å². The maximum atomic E-state index is 12.8. The molecular weight excluding hydrogens is 430 g/mol. The summed E-state index contributed by atoms with van der Waals surface area (Å²) >= 11 is 5.89. The summed E-state index contributed by atoms with van der Waals surface area (Å²) in [5.41, 5.74) is 3.10. The smallest absolute Gasteiger partial charge is 0.262 e. The molecule has 0 aliphatic rings. The molecule has 0 aromatic heterocycles. The third-order valence-electron chi connectivity index (χ3n) is 4.67. The van der Waals surface area contributed by atoms with Crippen molar-refractivity contribution < 1.29 is 23.2 Å². The molecule has 0 aliphatic carbocycles. The quantitative estimate of drug-likeness (QED) is 0.342. The average molecular weight is 454 g/mol. The lowest BCUT2D eigenvalue weighted by molar-refractivity contribution is -0.132. The van der Waals surface area contributed by atoms with E-state index in [2.05, 4.69) is 10.0 Å². The molecule has 2 rings (SSSR count). The van der Waals surface area contributed by atoms with Gasteiger partial charge in [0.2, 0.25) is 15.9 Å². The Morgan fingerprint density at radius 3 is 2.07 bits per heavy atom. The highest BCUT2D eigenvalue weighted by atomic mass is 35.5. The number of hydroxylamine groups is 1. The lowest BCUT2D eigenvalue weighted by Gasteiger charge is -2.23. The lowest BCUT2D eigenvalue weighted by Crippen LogP contribution is -2.51. The van der Waals surface area contributed by atoms with Gasteiger partial charge in [-0.2, -0.15) is 4.72 Å². The molecule has 0 bridgehead atoms. The minimum atomic E-state index is -3.99. The van der Waals surface area contributed by atoms with Gasteiger partial charge in [-0.15, -0.1) is 0 Å². The number of sulfonamides is 1. The molecule has 10 heteroatoms. The van der Waals surface area contributed by atoms with Crippen molar-refractivity contribution in [3.8, 4) is 11.1 Å². The van der Waals surface area contributed by atoms with Gasteiger partial charge in [-0.25, -0.2) is 13.9 Å². The van der Waals surface area contributed by atoms with E-state index in [1.165, 1.54) is 17.6 Å². The number of halogens is 1. The van der Waals surface area contributed by atoms with Gasteiger partial charge in [0.25, 0.3) is 5.91 Å². The van der Waals surface area contributed by atoms with Crippen LogP contribution in [0.15, 0.2) is 53.4 Å². The van der Waals surface area contributed by atoms with Crippen LogP contribution in [0.2, 0.25) is 5.02 Å². The van der Waals surface area contributed by atoms with Crippen LogP contribution in [0.4, 0.5) is 0 Å². The van der Waals surface area contributed by atoms with E-state index in [-0.39, 0.29) is 10.8 Å². The summed E-state index contributed by atoms with van der Waals surface area (Å²) in [5, 5.41) is 11.4.